The highest BCUT2D eigenvalue weighted by atomic mass is 32.2. The lowest BCUT2D eigenvalue weighted by atomic mass is 10.1. The van der Waals surface area contributed by atoms with E-state index in [4.69, 9.17) is 21.4 Å². The molecular weight excluding hydrogens is 514 g/mol. The Balaban J connectivity index is 1.42. The molecule has 0 radical (unpaired) electrons. The number of carbonyl (C=O) groups excluding carboxylic acids is 1. The number of likely N-dealkylation sites (N-methyl/N-ethyl adjacent to an activating group) is 1. The molecule has 0 unspecified atom stereocenters. The molecule has 202 valence electrons. The predicted octanol–water partition coefficient (Wildman–Crippen LogP) is 3.09. The first-order chi connectivity index (χ1) is 17.6. The van der Waals surface area contributed by atoms with Gasteiger partial charge in [0.1, 0.15) is 17.0 Å². The van der Waals surface area contributed by atoms with Gasteiger partial charge in [-0.15, -0.1) is 0 Å². The molecule has 0 bridgehead atoms. The molecule has 0 spiro atoms. The summed E-state index contributed by atoms with van der Waals surface area (Å²) in [4.78, 5) is 19.4. The average Bonchev–Trinajstić information content (AvgIpc) is 3.34. The predicted molar refractivity (Wildman–Crippen MR) is 143 cm³/mol. The molecule has 1 heterocycles. The summed E-state index contributed by atoms with van der Waals surface area (Å²) in [6, 6.07) is 3.69. The Bertz CT molecular complexity index is 1230. The number of aromatic nitrogens is 1. The number of nitrogens with zero attached hydrogens (tertiary/aromatic N) is 3. The number of rotatable bonds is 11. The first-order valence-electron chi connectivity index (χ1n) is 12.5. The Morgan fingerprint density at radius 2 is 1.84 bits per heavy atom. The minimum Gasteiger partial charge on any atom is -0.497 e. The van der Waals surface area contributed by atoms with E-state index in [0.29, 0.717) is 27.9 Å². The van der Waals surface area contributed by atoms with Crippen LogP contribution in [0.3, 0.4) is 0 Å². The van der Waals surface area contributed by atoms with Crippen LogP contribution in [0.5, 0.6) is 5.75 Å². The number of hydrogen-bond acceptors (Lipinski definition) is 8. The number of sulfonamides is 1. The monoisotopic (exact) mass is 549 g/mol. The van der Waals surface area contributed by atoms with Crippen molar-refractivity contribution in [3.05, 3.63) is 41.1 Å². The third kappa shape index (κ3) is 6.49. The average molecular weight is 550 g/mol. The molecule has 4 rings (SSSR count). The van der Waals surface area contributed by atoms with Crippen molar-refractivity contribution in [2.75, 3.05) is 20.7 Å². The van der Waals surface area contributed by atoms with Gasteiger partial charge in [0.25, 0.3) is 5.91 Å². The second-order valence-electron chi connectivity index (χ2n) is 9.83. The van der Waals surface area contributed by atoms with E-state index in [0.717, 1.165) is 25.7 Å². The van der Waals surface area contributed by atoms with E-state index in [-0.39, 0.29) is 41.5 Å². The number of oxazole rings is 1. The zero-order valence-corrected chi connectivity index (χ0v) is 23.4. The molecule has 0 saturated heterocycles. The van der Waals surface area contributed by atoms with Gasteiger partial charge >= 0.3 is 0 Å². The van der Waals surface area contributed by atoms with Crippen LogP contribution in [-0.4, -0.2) is 66.3 Å². The Kier molecular flexibility index (Phi) is 8.52. The summed E-state index contributed by atoms with van der Waals surface area (Å²) in [5, 5.41) is 0. The molecule has 1 aromatic heterocycles. The van der Waals surface area contributed by atoms with Crippen molar-refractivity contribution in [3.63, 3.8) is 0 Å². The van der Waals surface area contributed by atoms with Crippen LogP contribution < -0.4 is 15.6 Å². The quantitative estimate of drug-likeness (QED) is 0.322. The number of benzene rings is 1. The van der Waals surface area contributed by atoms with E-state index < -0.39 is 10.0 Å². The summed E-state index contributed by atoms with van der Waals surface area (Å²) in [6.07, 6.45) is 7.43. The standard InChI is InChI=1S/C25H35N5O5S2/c1-16-11-20(34-4)12-17(2)24(16)37(32,33)30(19-9-10-19)13-22-26-21(15-35-22)25(31)29(3)14-23(36)28-27-18-7-5-6-8-18/h11-12,15,18-19,27H,5-10,13-14H2,1-4H3,(H,28,36). The smallest absolute Gasteiger partial charge is 0.275 e. The van der Waals surface area contributed by atoms with Gasteiger partial charge in [0.2, 0.25) is 15.9 Å². The summed E-state index contributed by atoms with van der Waals surface area (Å²) in [5.74, 6) is 0.415. The molecule has 0 atom stereocenters. The molecule has 2 aliphatic rings. The highest BCUT2D eigenvalue weighted by Crippen LogP contribution is 2.36. The van der Waals surface area contributed by atoms with Gasteiger partial charge in [0.15, 0.2) is 5.69 Å². The molecule has 2 fully saturated rings. The van der Waals surface area contributed by atoms with E-state index >= 15 is 0 Å². The minimum absolute atomic E-state index is 0.0554. The van der Waals surface area contributed by atoms with Crippen LogP contribution in [0.15, 0.2) is 27.7 Å². The fourth-order valence-electron chi connectivity index (χ4n) is 4.72. The maximum atomic E-state index is 13.7. The van der Waals surface area contributed by atoms with Gasteiger partial charge in [-0.05, 0) is 62.8 Å². The highest BCUT2D eigenvalue weighted by molar-refractivity contribution is 7.89. The zero-order valence-electron chi connectivity index (χ0n) is 21.7. The lowest BCUT2D eigenvalue weighted by molar-refractivity contribution is 0.0808. The van der Waals surface area contributed by atoms with Crippen molar-refractivity contribution in [2.45, 2.75) is 75.9 Å². The fraction of sp³-hybridized carbons (Fsp3) is 0.560. The van der Waals surface area contributed by atoms with E-state index in [1.807, 2.05) is 0 Å². The normalized spacial score (nSPS) is 16.2. The maximum Gasteiger partial charge on any atom is 0.275 e. The Morgan fingerprint density at radius 3 is 2.43 bits per heavy atom. The zero-order chi connectivity index (χ0) is 26.7. The number of amides is 1. The molecule has 2 saturated carbocycles. The summed E-state index contributed by atoms with van der Waals surface area (Å²) < 4.78 is 39.6. The van der Waals surface area contributed by atoms with Crippen molar-refractivity contribution < 1.29 is 22.4 Å². The third-order valence-corrected chi connectivity index (χ3v) is 9.19. The summed E-state index contributed by atoms with van der Waals surface area (Å²) in [7, 11) is -0.643. The van der Waals surface area contributed by atoms with Crippen LogP contribution in [0.25, 0.3) is 0 Å². The minimum atomic E-state index is -3.83. The molecule has 37 heavy (non-hydrogen) atoms. The van der Waals surface area contributed by atoms with E-state index in [1.54, 1.807) is 40.1 Å². The van der Waals surface area contributed by atoms with Crippen molar-refractivity contribution >= 4 is 33.1 Å². The van der Waals surface area contributed by atoms with Crippen molar-refractivity contribution in [2.24, 2.45) is 0 Å². The van der Waals surface area contributed by atoms with Crippen LogP contribution in [0.2, 0.25) is 0 Å². The SMILES string of the molecule is COc1cc(C)c(S(=O)(=O)N(Cc2nc(C(=O)N(C)CC(=S)NNC3CCCC3)co2)C2CC2)c(C)c1. The van der Waals surface area contributed by atoms with Gasteiger partial charge in [-0.25, -0.2) is 18.8 Å². The summed E-state index contributed by atoms with van der Waals surface area (Å²) >= 11 is 5.36. The van der Waals surface area contributed by atoms with Crippen LogP contribution >= 0.6 is 12.2 Å². The second-order valence-corrected chi connectivity index (χ2v) is 12.2. The second kappa shape index (κ2) is 11.5. The van der Waals surface area contributed by atoms with Crippen molar-refractivity contribution in [1.29, 1.82) is 0 Å². The largest absolute Gasteiger partial charge is 0.497 e. The lowest BCUT2D eigenvalue weighted by Gasteiger charge is -2.23. The van der Waals surface area contributed by atoms with E-state index in [2.05, 4.69) is 15.8 Å². The molecule has 1 aromatic carbocycles. The molecule has 12 heteroatoms. The number of aryl methyl sites for hydroxylation is 2. The maximum absolute atomic E-state index is 13.7. The molecule has 2 N–H and O–H groups in total. The van der Waals surface area contributed by atoms with Gasteiger partial charge in [-0.1, -0.05) is 25.1 Å². The van der Waals surface area contributed by atoms with Gasteiger partial charge in [0.05, 0.1) is 25.1 Å². The summed E-state index contributed by atoms with van der Waals surface area (Å²) in [5.41, 5.74) is 7.57. The van der Waals surface area contributed by atoms with Gasteiger partial charge in [-0.2, -0.15) is 4.31 Å². The van der Waals surface area contributed by atoms with Crippen LogP contribution in [-0.2, 0) is 16.6 Å². The lowest BCUT2D eigenvalue weighted by Crippen LogP contribution is -2.46. The number of carbonyl (C=O) groups is 1. The topological polar surface area (TPSA) is 117 Å². The number of methoxy groups -OCH3 is 1. The molecule has 2 aliphatic carbocycles. The number of nitrogens with one attached hydrogen (secondary N) is 2. The molecule has 0 aliphatic heterocycles. The first-order valence-corrected chi connectivity index (χ1v) is 14.4. The van der Waals surface area contributed by atoms with Crippen LogP contribution in [0.4, 0.5) is 0 Å². The highest BCUT2D eigenvalue weighted by Gasteiger charge is 2.40. The van der Waals surface area contributed by atoms with Crippen molar-refractivity contribution in [1.82, 2.24) is 25.0 Å². The van der Waals surface area contributed by atoms with Gasteiger partial charge in [-0.3, -0.25) is 4.79 Å². The van der Waals surface area contributed by atoms with Crippen LogP contribution in [0.1, 0.15) is 66.0 Å². The molecule has 1 amide bonds. The molecular formula is C25H35N5O5S2. The Hall–Kier alpha value is -2.54. The number of hydrazine groups is 1. The van der Waals surface area contributed by atoms with Crippen molar-refractivity contribution in [3.8, 4) is 5.75 Å². The van der Waals surface area contributed by atoms with E-state index in [9.17, 15) is 13.2 Å². The van der Waals surface area contributed by atoms with Gasteiger partial charge < -0.3 is 19.5 Å². The van der Waals surface area contributed by atoms with E-state index in [1.165, 1.54) is 28.3 Å². The van der Waals surface area contributed by atoms with Crippen LogP contribution in [0, 0.1) is 13.8 Å². The fourth-order valence-corrected chi connectivity index (χ4v) is 7.02. The Morgan fingerprint density at radius 1 is 1.19 bits per heavy atom. The molecule has 2 aromatic rings. The third-order valence-electron chi connectivity index (χ3n) is 6.75. The number of hydrogen-bond donors (Lipinski definition) is 2. The van der Waals surface area contributed by atoms with Gasteiger partial charge in [0, 0.05) is 19.1 Å². The first kappa shape index (κ1) is 27.5. The molecule has 10 nitrogen and oxygen atoms in total. The Labute approximate surface area is 223 Å². The number of thiocarbonyl (C=S) groups is 1. The number of ether oxygens (including phenoxy) is 1. The summed E-state index contributed by atoms with van der Waals surface area (Å²) in [6.45, 7) is 3.68.